The number of benzene rings is 1. The van der Waals surface area contributed by atoms with Crippen molar-refractivity contribution < 1.29 is 9.53 Å². The number of guanidine groups is 1. The number of esters is 1. The van der Waals surface area contributed by atoms with Crippen LogP contribution < -0.4 is 10.2 Å². The van der Waals surface area contributed by atoms with Crippen molar-refractivity contribution in [1.82, 2.24) is 10.2 Å². The van der Waals surface area contributed by atoms with E-state index in [1.807, 2.05) is 14.0 Å². The van der Waals surface area contributed by atoms with Gasteiger partial charge in [-0.25, -0.2) is 0 Å². The molecule has 0 spiro atoms. The van der Waals surface area contributed by atoms with Crippen molar-refractivity contribution in [3.63, 3.8) is 0 Å². The SMILES string of the molecule is CCOC(=O)CCCCCCNC(=NC)N1CCN(c2ccccc2)CC1. The smallest absolute Gasteiger partial charge is 0.305 e. The van der Waals surface area contributed by atoms with Crippen LogP contribution in [0.5, 0.6) is 0 Å². The average Bonchev–Trinajstić information content (AvgIpc) is 2.71. The largest absolute Gasteiger partial charge is 0.466 e. The number of hydrogen-bond donors (Lipinski definition) is 1. The fourth-order valence-electron chi connectivity index (χ4n) is 3.33. The Labute approximate surface area is 163 Å². The summed E-state index contributed by atoms with van der Waals surface area (Å²) < 4.78 is 4.94. The fourth-order valence-corrected chi connectivity index (χ4v) is 3.33. The maximum Gasteiger partial charge on any atom is 0.305 e. The van der Waals surface area contributed by atoms with Gasteiger partial charge in [-0.1, -0.05) is 31.0 Å². The first-order valence-electron chi connectivity index (χ1n) is 10.2. The minimum Gasteiger partial charge on any atom is -0.466 e. The maximum atomic E-state index is 11.3. The molecule has 0 saturated carbocycles. The number of anilines is 1. The lowest BCUT2D eigenvalue weighted by molar-refractivity contribution is -0.143. The summed E-state index contributed by atoms with van der Waals surface area (Å²) in [5.41, 5.74) is 1.29. The normalized spacial score (nSPS) is 15.0. The molecule has 0 radical (unpaired) electrons. The molecule has 1 N–H and O–H groups in total. The highest BCUT2D eigenvalue weighted by Gasteiger charge is 2.19. The van der Waals surface area contributed by atoms with Crippen LogP contribution in [0.2, 0.25) is 0 Å². The molecule has 0 atom stereocenters. The van der Waals surface area contributed by atoms with Crippen LogP contribution in [0.15, 0.2) is 35.3 Å². The second-order valence-corrected chi connectivity index (χ2v) is 6.75. The van der Waals surface area contributed by atoms with Gasteiger partial charge in [-0.3, -0.25) is 9.79 Å². The Balaban J connectivity index is 1.59. The van der Waals surface area contributed by atoms with Crippen LogP contribution in [0.25, 0.3) is 0 Å². The third kappa shape index (κ3) is 7.49. The molecule has 1 aliphatic heterocycles. The van der Waals surface area contributed by atoms with E-state index in [4.69, 9.17) is 4.74 Å². The van der Waals surface area contributed by atoms with Gasteiger partial charge in [-0.15, -0.1) is 0 Å². The summed E-state index contributed by atoms with van der Waals surface area (Å²) in [4.78, 5) is 20.5. The maximum absolute atomic E-state index is 11.3. The van der Waals surface area contributed by atoms with Gasteiger partial charge < -0.3 is 19.9 Å². The van der Waals surface area contributed by atoms with Crippen molar-refractivity contribution >= 4 is 17.6 Å². The van der Waals surface area contributed by atoms with Crippen LogP contribution >= 0.6 is 0 Å². The minimum atomic E-state index is -0.0781. The Kier molecular flexibility index (Phi) is 9.52. The number of unbranched alkanes of at least 4 members (excludes halogenated alkanes) is 3. The molecule has 1 heterocycles. The van der Waals surface area contributed by atoms with Crippen LogP contribution in [0.3, 0.4) is 0 Å². The number of rotatable bonds is 9. The van der Waals surface area contributed by atoms with Gasteiger partial charge in [-0.2, -0.15) is 0 Å². The number of ether oxygens (including phenoxy) is 1. The van der Waals surface area contributed by atoms with Gasteiger partial charge >= 0.3 is 5.97 Å². The summed E-state index contributed by atoms with van der Waals surface area (Å²) in [6.45, 7) is 7.23. The van der Waals surface area contributed by atoms with Gasteiger partial charge in [0.15, 0.2) is 5.96 Å². The van der Waals surface area contributed by atoms with Crippen molar-refractivity contribution in [2.75, 3.05) is 51.3 Å². The summed E-state index contributed by atoms with van der Waals surface area (Å²) in [5.74, 6) is 0.917. The molecular formula is C21H34N4O2. The van der Waals surface area contributed by atoms with E-state index in [1.165, 1.54) is 5.69 Å². The van der Waals surface area contributed by atoms with Crippen molar-refractivity contribution in [2.45, 2.75) is 39.0 Å². The number of carbonyl (C=O) groups is 1. The molecule has 6 nitrogen and oxygen atoms in total. The molecule has 1 aliphatic rings. The Morgan fingerprint density at radius 3 is 2.44 bits per heavy atom. The Morgan fingerprint density at radius 2 is 1.78 bits per heavy atom. The zero-order chi connectivity index (χ0) is 19.3. The highest BCUT2D eigenvalue weighted by atomic mass is 16.5. The molecule has 0 aliphatic carbocycles. The third-order valence-electron chi connectivity index (χ3n) is 4.81. The van der Waals surface area contributed by atoms with E-state index >= 15 is 0 Å². The van der Waals surface area contributed by atoms with E-state index < -0.39 is 0 Å². The summed E-state index contributed by atoms with van der Waals surface area (Å²) >= 11 is 0. The number of aliphatic imine (C=N–C) groups is 1. The first kappa shape index (κ1) is 21.1. The van der Waals surface area contributed by atoms with E-state index in [-0.39, 0.29) is 5.97 Å². The second kappa shape index (κ2) is 12.2. The Hall–Kier alpha value is -2.24. The average molecular weight is 375 g/mol. The minimum absolute atomic E-state index is 0.0781. The predicted octanol–water partition coefficient (Wildman–Crippen LogP) is 2.90. The number of para-hydroxylation sites is 1. The molecule has 1 fully saturated rings. The molecule has 27 heavy (non-hydrogen) atoms. The van der Waals surface area contributed by atoms with E-state index in [0.29, 0.717) is 13.0 Å². The standard InChI is InChI=1S/C21H34N4O2/c1-3-27-20(26)13-9-4-5-10-14-23-21(22-2)25-17-15-24(16-18-25)19-11-7-6-8-12-19/h6-8,11-12H,3-5,9-10,13-18H2,1-2H3,(H,22,23). The first-order valence-corrected chi connectivity index (χ1v) is 10.2. The first-order chi connectivity index (χ1) is 13.2. The fraction of sp³-hybridized carbons (Fsp3) is 0.619. The van der Waals surface area contributed by atoms with Crippen LogP contribution in [-0.2, 0) is 9.53 Å². The number of nitrogens with zero attached hydrogens (tertiary/aromatic N) is 3. The highest BCUT2D eigenvalue weighted by molar-refractivity contribution is 5.80. The lowest BCUT2D eigenvalue weighted by Gasteiger charge is -2.37. The van der Waals surface area contributed by atoms with Crippen LogP contribution in [-0.4, -0.2) is 63.2 Å². The highest BCUT2D eigenvalue weighted by Crippen LogP contribution is 2.15. The van der Waals surface area contributed by atoms with Crippen molar-refractivity contribution in [3.8, 4) is 0 Å². The predicted molar refractivity (Wildman–Crippen MR) is 111 cm³/mol. The summed E-state index contributed by atoms with van der Waals surface area (Å²) in [6.07, 6.45) is 4.72. The molecule has 0 unspecified atom stereocenters. The van der Waals surface area contributed by atoms with Crippen LogP contribution in [0, 0.1) is 0 Å². The van der Waals surface area contributed by atoms with Gasteiger partial charge in [0.25, 0.3) is 0 Å². The van der Waals surface area contributed by atoms with E-state index in [0.717, 1.165) is 64.4 Å². The van der Waals surface area contributed by atoms with Gasteiger partial charge in [0.05, 0.1) is 6.61 Å². The molecule has 150 valence electrons. The Morgan fingerprint density at radius 1 is 1.07 bits per heavy atom. The van der Waals surface area contributed by atoms with E-state index in [9.17, 15) is 4.79 Å². The van der Waals surface area contributed by atoms with Crippen molar-refractivity contribution in [1.29, 1.82) is 0 Å². The van der Waals surface area contributed by atoms with Gasteiger partial charge in [0, 0.05) is 51.9 Å². The van der Waals surface area contributed by atoms with Crippen LogP contribution in [0.1, 0.15) is 39.0 Å². The Bertz CT molecular complexity index is 569. The molecule has 0 amide bonds. The lowest BCUT2D eigenvalue weighted by atomic mass is 10.1. The van der Waals surface area contributed by atoms with Gasteiger partial charge in [-0.05, 0) is 31.9 Å². The molecule has 6 heteroatoms. The molecule has 2 rings (SSSR count). The molecular weight excluding hydrogens is 340 g/mol. The zero-order valence-corrected chi connectivity index (χ0v) is 16.8. The number of nitrogens with one attached hydrogen (secondary N) is 1. The summed E-state index contributed by atoms with van der Waals surface area (Å²) in [5, 5.41) is 3.48. The van der Waals surface area contributed by atoms with Crippen molar-refractivity contribution in [3.05, 3.63) is 30.3 Å². The number of piperazine rings is 1. The van der Waals surface area contributed by atoms with Crippen molar-refractivity contribution in [2.24, 2.45) is 4.99 Å². The van der Waals surface area contributed by atoms with E-state index in [2.05, 4.69) is 50.4 Å². The number of carbonyl (C=O) groups excluding carboxylic acids is 1. The second-order valence-electron chi connectivity index (χ2n) is 6.75. The van der Waals surface area contributed by atoms with E-state index in [1.54, 1.807) is 0 Å². The number of hydrogen-bond acceptors (Lipinski definition) is 4. The quantitative estimate of drug-likeness (QED) is 0.312. The summed E-state index contributed by atoms with van der Waals surface area (Å²) in [7, 11) is 1.85. The molecule has 0 aromatic heterocycles. The zero-order valence-electron chi connectivity index (χ0n) is 16.8. The molecule has 1 saturated heterocycles. The third-order valence-corrected chi connectivity index (χ3v) is 4.81. The molecule has 1 aromatic rings. The van der Waals surface area contributed by atoms with Gasteiger partial charge in [0.1, 0.15) is 0 Å². The molecule has 1 aromatic carbocycles. The van der Waals surface area contributed by atoms with Crippen LogP contribution in [0.4, 0.5) is 5.69 Å². The molecule has 0 bridgehead atoms. The van der Waals surface area contributed by atoms with Gasteiger partial charge in [0.2, 0.25) is 0 Å². The lowest BCUT2D eigenvalue weighted by Crippen LogP contribution is -2.52. The summed E-state index contributed by atoms with van der Waals surface area (Å²) in [6, 6.07) is 10.6. The monoisotopic (exact) mass is 374 g/mol. The topological polar surface area (TPSA) is 57.2 Å².